The third-order valence-corrected chi connectivity index (χ3v) is 5.24. The van der Waals surface area contributed by atoms with Gasteiger partial charge in [0.05, 0.1) is 0 Å². The van der Waals surface area contributed by atoms with E-state index in [-0.39, 0.29) is 0 Å². The number of hydrogen-bond acceptors (Lipinski definition) is 3. The van der Waals surface area contributed by atoms with Crippen molar-refractivity contribution >= 4 is 7.94 Å². The van der Waals surface area contributed by atoms with E-state index in [0.717, 1.165) is 0 Å². The first-order valence-electron chi connectivity index (χ1n) is 3.56. The van der Waals surface area contributed by atoms with Crippen LogP contribution in [0.1, 0.15) is 0 Å². The van der Waals surface area contributed by atoms with Crippen molar-refractivity contribution in [3.8, 4) is 0 Å². The van der Waals surface area contributed by atoms with Crippen LogP contribution in [0.2, 0.25) is 0 Å². The van der Waals surface area contributed by atoms with Gasteiger partial charge in [0, 0.05) is 0 Å². The molecule has 5 heteroatoms. The Kier molecular flexibility index (Phi) is 3.88. The van der Waals surface area contributed by atoms with Crippen LogP contribution in [0.3, 0.4) is 0 Å². The Bertz CT molecular complexity index is 105. The molecule has 0 unspecified atom stereocenters. The van der Waals surface area contributed by atoms with E-state index in [0.29, 0.717) is 0 Å². The Balaban J connectivity index is 4.53. The molecule has 0 atom stereocenters. The van der Waals surface area contributed by atoms with Crippen LogP contribution >= 0.6 is 7.94 Å². The van der Waals surface area contributed by atoms with E-state index >= 15 is 0 Å². The van der Waals surface area contributed by atoms with Crippen LogP contribution in [0.15, 0.2) is 0 Å². The first-order chi connectivity index (χ1) is 4.83. The molecule has 0 aromatic heterocycles. The second-order valence-corrected chi connectivity index (χ2v) is 7.09. The van der Waals surface area contributed by atoms with Gasteiger partial charge >= 0.3 is 69.1 Å². The van der Waals surface area contributed by atoms with Crippen molar-refractivity contribution in [3.63, 3.8) is 0 Å². The number of nitrogens with zero attached hydrogens (tertiary/aromatic N) is 3. The van der Waals surface area contributed by atoms with Gasteiger partial charge in [-0.2, -0.15) is 0 Å². The van der Waals surface area contributed by atoms with Gasteiger partial charge in [0.25, 0.3) is 0 Å². The molecule has 0 saturated carbocycles. The SMILES string of the molecule is CN(C)[PH]([O])(N(C)C)N(C)C. The Labute approximate surface area is 70.0 Å². The molecule has 0 aliphatic carbocycles. The summed E-state index contributed by atoms with van der Waals surface area (Å²) >= 11 is 0. The average Bonchev–Trinajstić information content (AvgIpc) is 1.84. The second-order valence-electron chi connectivity index (χ2n) is 3.26. The monoisotopic (exact) mass is 180 g/mol. The quantitative estimate of drug-likeness (QED) is 0.593. The molecule has 0 saturated heterocycles. The predicted octanol–water partition coefficient (Wildman–Crippen LogP) is 0.512. The summed E-state index contributed by atoms with van der Waals surface area (Å²) in [5.41, 5.74) is 0. The summed E-state index contributed by atoms with van der Waals surface area (Å²) < 4.78 is 5.31. The van der Waals surface area contributed by atoms with Gasteiger partial charge in [0.15, 0.2) is 0 Å². The fraction of sp³-hybridized carbons (Fsp3) is 1.00. The van der Waals surface area contributed by atoms with Crippen LogP contribution < -0.4 is 0 Å². The van der Waals surface area contributed by atoms with Gasteiger partial charge in [-0.3, -0.25) is 0 Å². The number of hydrogen-bond donors (Lipinski definition) is 0. The molecule has 0 bridgehead atoms. The first-order valence-corrected chi connectivity index (χ1v) is 5.31. The Morgan fingerprint density at radius 3 is 0.909 bits per heavy atom. The zero-order valence-electron chi connectivity index (χ0n) is 8.25. The Hall–Kier alpha value is 0.270. The molecule has 0 N–H and O–H groups in total. The molecule has 0 rings (SSSR count). The molecule has 0 aliphatic rings. The fourth-order valence-corrected chi connectivity index (χ4v) is 3.60. The second kappa shape index (κ2) is 3.78. The molecule has 0 fully saturated rings. The van der Waals surface area contributed by atoms with Gasteiger partial charge in [0.1, 0.15) is 0 Å². The van der Waals surface area contributed by atoms with Crippen LogP contribution in [-0.2, 0) is 4.89 Å². The molecule has 0 amide bonds. The van der Waals surface area contributed by atoms with Crippen LogP contribution in [0.4, 0.5) is 0 Å². The van der Waals surface area contributed by atoms with Gasteiger partial charge in [-0.25, -0.2) is 0 Å². The standard InChI is InChI=1S/C6H19N3OP/c1-7(2)11(10,8(3)4)9(5)6/h11H,1-6H3. The van der Waals surface area contributed by atoms with Gasteiger partial charge in [0.2, 0.25) is 0 Å². The summed E-state index contributed by atoms with van der Waals surface area (Å²) in [5.74, 6) is 0. The van der Waals surface area contributed by atoms with E-state index in [4.69, 9.17) is 0 Å². The molecule has 69 valence electrons. The molecule has 0 aromatic carbocycles. The first kappa shape index (κ1) is 11.3. The summed E-state index contributed by atoms with van der Waals surface area (Å²) in [6.07, 6.45) is 0. The molecule has 0 heterocycles. The summed E-state index contributed by atoms with van der Waals surface area (Å²) in [6.45, 7) is 0. The van der Waals surface area contributed by atoms with Gasteiger partial charge in [-0.05, 0) is 0 Å². The van der Waals surface area contributed by atoms with E-state index in [1.54, 1.807) is 14.0 Å². The summed E-state index contributed by atoms with van der Waals surface area (Å²) in [4.78, 5) is 12.1. The molecule has 1 radical (unpaired) electrons. The van der Waals surface area contributed by atoms with E-state index in [1.165, 1.54) is 0 Å². The van der Waals surface area contributed by atoms with Crippen LogP contribution in [0.5, 0.6) is 0 Å². The predicted molar refractivity (Wildman–Crippen MR) is 50.1 cm³/mol. The normalized spacial score (nSPS) is 15.1. The van der Waals surface area contributed by atoms with Crippen molar-refractivity contribution < 1.29 is 4.89 Å². The molecule has 11 heavy (non-hydrogen) atoms. The molecular weight excluding hydrogens is 161 g/mol. The van der Waals surface area contributed by atoms with Crippen molar-refractivity contribution in [1.82, 2.24) is 14.0 Å². The molecular formula is C6H19N3OP. The zero-order valence-corrected chi connectivity index (χ0v) is 9.25. The molecule has 4 nitrogen and oxygen atoms in total. The third-order valence-electron chi connectivity index (χ3n) is 1.75. The number of rotatable bonds is 3. The van der Waals surface area contributed by atoms with E-state index in [9.17, 15) is 4.89 Å². The molecule has 0 spiro atoms. The van der Waals surface area contributed by atoms with Gasteiger partial charge in [-0.1, -0.05) is 0 Å². The third kappa shape index (κ3) is 2.10. The maximum absolute atomic E-state index is 12.1. The minimum atomic E-state index is -2.73. The van der Waals surface area contributed by atoms with Crippen molar-refractivity contribution in [2.45, 2.75) is 0 Å². The fourth-order valence-electron chi connectivity index (χ4n) is 1.20. The van der Waals surface area contributed by atoms with E-state index in [2.05, 4.69) is 0 Å². The van der Waals surface area contributed by atoms with Gasteiger partial charge < -0.3 is 0 Å². The average molecular weight is 180 g/mol. The Morgan fingerprint density at radius 1 is 0.727 bits per heavy atom. The van der Waals surface area contributed by atoms with E-state index in [1.807, 2.05) is 42.3 Å². The van der Waals surface area contributed by atoms with Crippen molar-refractivity contribution in [3.05, 3.63) is 0 Å². The molecule has 0 aromatic rings. The van der Waals surface area contributed by atoms with Crippen molar-refractivity contribution in [2.75, 3.05) is 42.3 Å². The van der Waals surface area contributed by atoms with E-state index < -0.39 is 7.94 Å². The van der Waals surface area contributed by atoms with Crippen LogP contribution in [0, 0.1) is 0 Å². The van der Waals surface area contributed by atoms with Crippen molar-refractivity contribution in [2.24, 2.45) is 0 Å². The topological polar surface area (TPSA) is 29.6 Å². The summed E-state index contributed by atoms with van der Waals surface area (Å²) in [5, 5.41) is 0. The summed E-state index contributed by atoms with van der Waals surface area (Å²) in [7, 11) is 8.26. The van der Waals surface area contributed by atoms with Crippen LogP contribution in [-0.4, -0.2) is 56.3 Å². The minimum absolute atomic E-state index is 1.77. The van der Waals surface area contributed by atoms with Crippen molar-refractivity contribution in [1.29, 1.82) is 0 Å². The maximum atomic E-state index is 12.1. The molecule has 0 aliphatic heterocycles. The zero-order chi connectivity index (χ0) is 9.23. The summed E-state index contributed by atoms with van der Waals surface area (Å²) in [6, 6.07) is 0. The van der Waals surface area contributed by atoms with Crippen LogP contribution in [0.25, 0.3) is 0 Å². The Morgan fingerprint density at radius 2 is 0.909 bits per heavy atom. The van der Waals surface area contributed by atoms with Gasteiger partial charge in [-0.15, -0.1) is 0 Å².